The number of nitrogens with two attached hydrogens (primary N) is 1. The van der Waals surface area contributed by atoms with Gasteiger partial charge in [-0.3, -0.25) is 9.59 Å². The highest BCUT2D eigenvalue weighted by Gasteiger charge is 2.39. The zero-order chi connectivity index (χ0) is 12.5. The van der Waals surface area contributed by atoms with E-state index >= 15 is 0 Å². The van der Waals surface area contributed by atoms with Gasteiger partial charge in [-0.1, -0.05) is 0 Å². The number of carbonyl (C=O) groups excluding carboxylic acids is 2. The van der Waals surface area contributed by atoms with Gasteiger partial charge in [0.25, 0.3) is 11.8 Å². The third-order valence-corrected chi connectivity index (χ3v) is 3.32. The van der Waals surface area contributed by atoms with E-state index in [9.17, 15) is 9.59 Å². The van der Waals surface area contributed by atoms with Crippen LogP contribution in [0.2, 0.25) is 0 Å². The fourth-order valence-corrected chi connectivity index (χ4v) is 2.20. The number of amides is 2. The Bertz CT molecular complexity index is 434. The van der Waals surface area contributed by atoms with Gasteiger partial charge in [0.1, 0.15) is 5.69 Å². The molecule has 0 unspecified atom stereocenters. The van der Waals surface area contributed by atoms with E-state index in [1.54, 1.807) is 22.7 Å². The lowest BCUT2D eigenvalue weighted by molar-refractivity contribution is -0.150. The Hall–Kier alpha value is -1.47. The van der Waals surface area contributed by atoms with Crippen molar-refractivity contribution in [2.45, 2.75) is 12.5 Å². The van der Waals surface area contributed by atoms with E-state index in [2.05, 4.69) is 4.98 Å². The maximum atomic E-state index is 12.0. The minimum atomic E-state index is -1.11. The maximum Gasteiger partial charge on any atom is 0.273 e. The van der Waals surface area contributed by atoms with Crippen LogP contribution >= 0.6 is 11.3 Å². The van der Waals surface area contributed by atoms with Crippen LogP contribution in [0, 0.1) is 0 Å². The van der Waals surface area contributed by atoms with Gasteiger partial charge in [-0.25, -0.2) is 4.98 Å². The van der Waals surface area contributed by atoms with Crippen molar-refractivity contribution in [1.82, 2.24) is 9.88 Å². The molecule has 0 aromatic carbocycles. The van der Waals surface area contributed by atoms with Crippen molar-refractivity contribution in [3.63, 3.8) is 0 Å². The summed E-state index contributed by atoms with van der Waals surface area (Å²) in [5.41, 5.74) is 6.15. The first-order chi connectivity index (χ1) is 8.03. The number of thiazole rings is 1. The average Bonchev–Trinajstić information content (AvgIpc) is 2.81. The van der Waals surface area contributed by atoms with Crippen LogP contribution < -0.4 is 5.73 Å². The third-order valence-electron chi connectivity index (χ3n) is 2.73. The van der Waals surface area contributed by atoms with Crippen LogP contribution in [0.3, 0.4) is 0 Å². The molecule has 1 atom stereocenters. The summed E-state index contributed by atoms with van der Waals surface area (Å²) in [7, 11) is 0. The molecule has 1 aliphatic heterocycles. The SMILES string of the molecule is C[C@@]1(C(N)=O)CN(C(=O)c2cscn2)CCO1. The molecule has 1 saturated heterocycles. The fraction of sp³-hybridized carbons (Fsp3) is 0.500. The molecule has 0 spiro atoms. The lowest BCUT2D eigenvalue weighted by Crippen LogP contribution is -2.58. The normalized spacial score (nSPS) is 24.6. The van der Waals surface area contributed by atoms with E-state index in [0.29, 0.717) is 18.8 Å². The average molecular weight is 255 g/mol. The third kappa shape index (κ3) is 2.29. The van der Waals surface area contributed by atoms with Crippen LogP contribution in [0.5, 0.6) is 0 Å². The minimum Gasteiger partial charge on any atom is -0.367 e. The van der Waals surface area contributed by atoms with Gasteiger partial charge in [0, 0.05) is 11.9 Å². The number of primary amides is 1. The number of morpholine rings is 1. The van der Waals surface area contributed by atoms with Gasteiger partial charge < -0.3 is 15.4 Å². The second-order valence-corrected chi connectivity index (χ2v) is 4.76. The zero-order valence-electron chi connectivity index (χ0n) is 9.38. The summed E-state index contributed by atoms with van der Waals surface area (Å²) in [5.74, 6) is -0.754. The van der Waals surface area contributed by atoms with E-state index < -0.39 is 11.5 Å². The zero-order valence-corrected chi connectivity index (χ0v) is 10.2. The summed E-state index contributed by atoms with van der Waals surface area (Å²) in [5, 5.41) is 1.68. The van der Waals surface area contributed by atoms with Crippen molar-refractivity contribution >= 4 is 23.2 Å². The Kier molecular flexibility index (Phi) is 3.12. The fourth-order valence-electron chi connectivity index (χ4n) is 1.67. The molecule has 1 aliphatic rings. The Balaban J connectivity index is 2.13. The topological polar surface area (TPSA) is 85.5 Å². The molecule has 2 heterocycles. The first-order valence-electron chi connectivity index (χ1n) is 5.14. The summed E-state index contributed by atoms with van der Waals surface area (Å²) in [6.45, 7) is 2.50. The molecule has 0 aliphatic carbocycles. The van der Waals surface area contributed by atoms with Gasteiger partial charge in [0.2, 0.25) is 0 Å². The van der Waals surface area contributed by atoms with E-state index in [1.165, 1.54) is 11.3 Å². The highest BCUT2D eigenvalue weighted by atomic mass is 32.1. The lowest BCUT2D eigenvalue weighted by Gasteiger charge is -2.37. The van der Waals surface area contributed by atoms with Crippen LogP contribution in [0.25, 0.3) is 0 Å². The molecule has 2 amide bonds. The summed E-state index contributed by atoms with van der Waals surface area (Å²) < 4.78 is 5.34. The number of rotatable bonds is 2. The van der Waals surface area contributed by atoms with Gasteiger partial charge in [0.15, 0.2) is 5.60 Å². The van der Waals surface area contributed by atoms with E-state index in [-0.39, 0.29) is 12.5 Å². The number of nitrogens with zero attached hydrogens (tertiary/aromatic N) is 2. The van der Waals surface area contributed by atoms with Crippen molar-refractivity contribution in [3.8, 4) is 0 Å². The van der Waals surface area contributed by atoms with Gasteiger partial charge in [-0.2, -0.15) is 0 Å². The molecule has 1 aromatic rings. The van der Waals surface area contributed by atoms with Crippen molar-refractivity contribution in [3.05, 3.63) is 16.6 Å². The number of carbonyl (C=O) groups is 2. The Labute approximate surface area is 102 Å². The molecule has 1 fully saturated rings. The maximum absolute atomic E-state index is 12.0. The summed E-state index contributed by atoms with van der Waals surface area (Å²) in [4.78, 5) is 28.8. The lowest BCUT2D eigenvalue weighted by atomic mass is 10.0. The molecule has 92 valence electrons. The number of hydrogen-bond donors (Lipinski definition) is 1. The van der Waals surface area contributed by atoms with Crippen molar-refractivity contribution in [1.29, 1.82) is 0 Å². The largest absolute Gasteiger partial charge is 0.367 e. The van der Waals surface area contributed by atoms with E-state index in [1.807, 2.05) is 0 Å². The van der Waals surface area contributed by atoms with Crippen LogP contribution in [0.1, 0.15) is 17.4 Å². The quantitative estimate of drug-likeness (QED) is 0.797. The molecule has 2 rings (SSSR count). The van der Waals surface area contributed by atoms with E-state index in [4.69, 9.17) is 10.5 Å². The smallest absolute Gasteiger partial charge is 0.273 e. The molecular weight excluding hydrogens is 242 g/mol. The summed E-state index contributed by atoms with van der Waals surface area (Å²) in [6.07, 6.45) is 0. The Morgan fingerprint density at radius 1 is 1.65 bits per heavy atom. The molecule has 0 saturated carbocycles. The number of hydrogen-bond acceptors (Lipinski definition) is 5. The molecule has 6 nitrogen and oxygen atoms in total. The molecular formula is C10H13N3O3S. The van der Waals surface area contributed by atoms with Crippen molar-refractivity contribution in [2.75, 3.05) is 19.7 Å². The number of aromatic nitrogens is 1. The van der Waals surface area contributed by atoms with Crippen LogP contribution in [-0.4, -0.2) is 47.0 Å². The van der Waals surface area contributed by atoms with Crippen LogP contribution in [0.4, 0.5) is 0 Å². The van der Waals surface area contributed by atoms with Gasteiger partial charge in [-0.05, 0) is 6.92 Å². The second kappa shape index (κ2) is 4.42. The van der Waals surface area contributed by atoms with E-state index in [0.717, 1.165) is 0 Å². The van der Waals surface area contributed by atoms with Crippen molar-refractivity contribution < 1.29 is 14.3 Å². The molecule has 0 bridgehead atoms. The predicted molar refractivity (Wildman–Crippen MR) is 61.6 cm³/mol. The highest BCUT2D eigenvalue weighted by Crippen LogP contribution is 2.19. The van der Waals surface area contributed by atoms with Gasteiger partial charge >= 0.3 is 0 Å². The summed E-state index contributed by atoms with van der Waals surface area (Å²) >= 11 is 1.36. The molecule has 2 N–H and O–H groups in total. The first kappa shape index (κ1) is 12.0. The minimum absolute atomic E-state index is 0.165. The highest BCUT2D eigenvalue weighted by molar-refractivity contribution is 7.07. The Morgan fingerprint density at radius 2 is 2.41 bits per heavy atom. The molecule has 7 heteroatoms. The van der Waals surface area contributed by atoms with Crippen LogP contribution in [-0.2, 0) is 9.53 Å². The summed E-state index contributed by atoms with van der Waals surface area (Å²) in [6, 6.07) is 0. The Morgan fingerprint density at radius 3 is 3.00 bits per heavy atom. The monoisotopic (exact) mass is 255 g/mol. The molecule has 17 heavy (non-hydrogen) atoms. The standard InChI is InChI=1S/C10H13N3O3S/c1-10(9(11)15)5-13(2-3-16-10)8(14)7-4-17-6-12-7/h4,6H,2-3,5H2,1H3,(H2,11,15)/t10-/m0/s1. The van der Waals surface area contributed by atoms with Crippen LogP contribution in [0.15, 0.2) is 10.9 Å². The van der Waals surface area contributed by atoms with Gasteiger partial charge in [-0.15, -0.1) is 11.3 Å². The van der Waals surface area contributed by atoms with Gasteiger partial charge in [0.05, 0.1) is 18.7 Å². The number of ether oxygens (including phenoxy) is 1. The molecule has 1 aromatic heterocycles. The predicted octanol–water partition coefficient (Wildman–Crippen LogP) is -0.141. The van der Waals surface area contributed by atoms with Crippen molar-refractivity contribution in [2.24, 2.45) is 5.73 Å². The molecule has 0 radical (unpaired) electrons. The first-order valence-corrected chi connectivity index (χ1v) is 6.08. The second-order valence-electron chi connectivity index (χ2n) is 4.04.